The number of esters is 4. The molecular weight excluding hydrogens is 272 g/mol. The summed E-state index contributed by atoms with van der Waals surface area (Å²) < 4.78 is 16.8. The van der Waals surface area contributed by atoms with Crippen LogP contribution in [-0.4, -0.2) is 52.3 Å². The summed E-state index contributed by atoms with van der Waals surface area (Å²) in [5, 5.41) is 0. The van der Waals surface area contributed by atoms with E-state index >= 15 is 0 Å². The van der Waals surface area contributed by atoms with Gasteiger partial charge in [-0.25, -0.2) is 19.2 Å². The second-order valence-corrected chi connectivity index (χ2v) is 2.76. The maximum Gasteiger partial charge on any atom is 0.330 e. The highest BCUT2D eigenvalue weighted by atomic mass is 16.5. The van der Waals surface area contributed by atoms with Gasteiger partial charge in [0, 0.05) is 24.3 Å². The molecule has 0 aliphatic heterocycles. The van der Waals surface area contributed by atoms with Crippen LogP contribution in [0.2, 0.25) is 0 Å². The van der Waals surface area contributed by atoms with E-state index in [4.69, 9.17) is 0 Å². The number of hydrogen-bond acceptors (Lipinski definition) is 8. The van der Waals surface area contributed by atoms with E-state index in [-0.39, 0.29) is 0 Å². The van der Waals surface area contributed by atoms with Gasteiger partial charge in [0.25, 0.3) is 0 Å². The maximum absolute atomic E-state index is 10.3. The minimum Gasteiger partial charge on any atom is -0.466 e. The third-order valence-corrected chi connectivity index (χ3v) is 1.52. The molecule has 0 aromatic heterocycles. The molecule has 20 heavy (non-hydrogen) atoms. The molecule has 0 aromatic rings. The van der Waals surface area contributed by atoms with Crippen molar-refractivity contribution in [3.8, 4) is 0 Å². The third-order valence-electron chi connectivity index (χ3n) is 1.52. The normalized spacial score (nSPS) is 9.40. The Bertz CT molecular complexity index is 320. The SMILES string of the molecule is COC(=O)/C=C/C(=O)OC.COC(=O)/C=C\C(=O)OC. The molecule has 0 atom stereocenters. The van der Waals surface area contributed by atoms with Crippen LogP contribution in [0.25, 0.3) is 0 Å². The van der Waals surface area contributed by atoms with Crippen molar-refractivity contribution in [2.45, 2.75) is 0 Å². The monoisotopic (exact) mass is 288 g/mol. The van der Waals surface area contributed by atoms with E-state index in [1.54, 1.807) is 0 Å². The summed E-state index contributed by atoms with van der Waals surface area (Å²) in [6.45, 7) is 0. The molecule has 0 amide bonds. The van der Waals surface area contributed by atoms with Gasteiger partial charge >= 0.3 is 23.9 Å². The van der Waals surface area contributed by atoms with Crippen molar-refractivity contribution in [3.05, 3.63) is 24.3 Å². The molecule has 0 rings (SSSR count). The summed E-state index contributed by atoms with van der Waals surface area (Å²) in [7, 11) is 4.90. The predicted molar refractivity (Wildman–Crippen MR) is 66.3 cm³/mol. The first kappa shape index (κ1) is 19.7. The van der Waals surface area contributed by atoms with Crippen molar-refractivity contribution in [2.24, 2.45) is 0 Å². The zero-order valence-corrected chi connectivity index (χ0v) is 11.6. The first-order valence-electron chi connectivity index (χ1n) is 5.09. The molecule has 0 saturated carbocycles. The minimum absolute atomic E-state index is 0.578. The fourth-order valence-electron chi connectivity index (χ4n) is 0.544. The van der Waals surface area contributed by atoms with E-state index in [0.29, 0.717) is 0 Å². The second-order valence-electron chi connectivity index (χ2n) is 2.76. The molecule has 8 heteroatoms. The van der Waals surface area contributed by atoms with Gasteiger partial charge in [-0.2, -0.15) is 0 Å². The molecule has 8 nitrogen and oxygen atoms in total. The number of hydrogen-bond donors (Lipinski definition) is 0. The van der Waals surface area contributed by atoms with Gasteiger partial charge in [0.05, 0.1) is 28.4 Å². The number of rotatable bonds is 4. The van der Waals surface area contributed by atoms with Gasteiger partial charge in [-0.05, 0) is 0 Å². The fraction of sp³-hybridized carbons (Fsp3) is 0.333. The summed E-state index contributed by atoms with van der Waals surface area (Å²) in [6, 6.07) is 0. The molecule has 112 valence electrons. The van der Waals surface area contributed by atoms with Crippen molar-refractivity contribution < 1.29 is 38.1 Å². The Labute approximate surface area is 115 Å². The maximum atomic E-state index is 10.3. The minimum atomic E-state index is -0.578. The predicted octanol–water partition coefficient (Wildman–Crippen LogP) is -0.223. The van der Waals surface area contributed by atoms with Crippen molar-refractivity contribution >= 4 is 23.9 Å². The summed E-state index contributed by atoms with van der Waals surface area (Å²) in [5.41, 5.74) is 0. The summed E-state index contributed by atoms with van der Waals surface area (Å²) in [4.78, 5) is 41.3. The highest BCUT2D eigenvalue weighted by Gasteiger charge is 1.95. The van der Waals surface area contributed by atoms with Crippen LogP contribution in [0.1, 0.15) is 0 Å². The number of methoxy groups -OCH3 is 4. The number of ether oxygens (including phenoxy) is 4. The second kappa shape index (κ2) is 12.8. The number of carbonyl (C=O) groups excluding carboxylic acids is 4. The van der Waals surface area contributed by atoms with Crippen LogP contribution < -0.4 is 0 Å². The topological polar surface area (TPSA) is 105 Å². The van der Waals surface area contributed by atoms with E-state index in [0.717, 1.165) is 24.3 Å². The zero-order valence-electron chi connectivity index (χ0n) is 11.6. The van der Waals surface area contributed by atoms with Gasteiger partial charge in [-0.15, -0.1) is 0 Å². The molecule has 0 fully saturated rings. The molecule has 0 bridgehead atoms. The Kier molecular flexibility index (Phi) is 12.6. The lowest BCUT2D eigenvalue weighted by Crippen LogP contribution is -1.98. The quantitative estimate of drug-likeness (QED) is 0.397. The molecule has 0 aromatic carbocycles. The Morgan fingerprint density at radius 1 is 0.500 bits per heavy atom. The van der Waals surface area contributed by atoms with Crippen LogP contribution in [0, 0.1) is 0 Å². The lowest BCUT2D eigenvalue weighted by atomic mass is 10.5. The Morgan fingerprint density at radius 3 is 0.750 bits per heavy atom. The van der Waals surface area contributed by atoms with E-state index in [1.807, 2.05) is 0 Å². The Balaban J connectivity index is 0. The van der Waals surface area contributed by atoms with E-state index < -0.39 is 23.9 Å². The molecule has 0 radical (unpaired) electrons. The van der Waals surface area contributed by atoms with Crippen LogP contribution in [-0.2, 0) is 38.1 Å². The lowest BCUT2D eigenvalue weighted by molar-refractivity contribution is -0.137. The van der Waals surface area contributed by atoms with Crippen molar-refractivity contribution in [2.75, 3.05) is 28.4 Å². The molecule has 0 heterocycles. The smallest absolute Gasteiger partial charge is 0.330 e. The standard InChI is InChI=1S/2C6H8O4/c2*1-9-5(7)3-4-6(8)10-2/h2*3-4H,1-2H3/b4-3+;4-3-. The zero-order chi connectivity index (χ0) is 16.0. The van der Waals surface area contributed by atoms with Gasteiger partial charge < -0.3 is 18.9 Å². The van der Waals surface area contributed by atoms with Gasteiger partial charge in [0.2, 0.25) is 0 Å². The molecule has 0 saturated heterocycles. The van der Waals surface area contributed by atoms with E-state index in [9.17, 15) is 19.2 Å². The molecular formula is C12H16O8. The van der Waals surface area contributed by atoms with Gasteiger partial charge in [0.1, 0.15) is 0 Å². The van der Waals surface area contributed by atoms with Gasteiger partial charge in [-0.1, -0.05) is 0 Å². The third kappa shape index (κ3) is 13.4. The molecule has 0 aliphatic carbocycles. The van der Waals surface area contributed by atoms with Crippen LogP contribution in [0.5, 0.6) is 0 Å². The molecule has 0 spiro atoms. The first-order chi connectivity index (χ1) is 9.40. The highest BCUT2D eigenvalue weighted by Crippen LogP contribution is 1.81. The van der Waals surface area contributed by atoms with Crippen molar-refractivity contribution in [3.63, 3.8) is 0 Å². The fourth-order valence-corrected chi connectivity index (χ4v) is 0.544. The molecule has 0 unspecified atom stereocenters. The Hall–Kier alpha value is -2.64. The van der Waals surface area contributed by atoms with E-state index in [1.165, 1.54) is 28.4 Å². The average molecular weight is 288 g/mol. The summed E-state index contributed by atoms with van der Waals surface area (Å²) in [5.74, 6) is -2.31. The molecule has 0 aliphatic rings. The van der Waals surface area contributed by atoms with E-state index in [2.05, 4.69) is 18.9 Å². The average Bonchev–Trinajstić information content (AvgIpc) is 2.49. The van der Waals surface area contributed by atoms with Crippen LogP contribution in [0.3, 0.4) is 0 Å². The summed E-state index contributed by atoms with van der Waals surface area (Å²) >= 11 is 0. The van der Waals surface area contributed by atoms with Crippen molar-refractivity contribution in [1.82, 2.24) is 0 Å². The van der Waals surface area contributed by atoms with Crippen LogP contribution in [0.4, 0.5) is 0 Å². The van der Waals surface area contributed by atoms with Crippen LogP contribution in [0.15, 0.2) is 24.3 Å². The van der Waals surface area contributed by atoms with Crippen molar-refractivity contribution in [1.29, 1.82) is 0 Å². The number of carbonyl (C=O) groups is 4. The lowest BCUT2D eigenvalue weighted by Gasteiger charge is -1.89. The van der Waals surface area contributed by atoms with Gasteiger partial charge in [0.15, 0.2) is 0 Å². The highest BCUT2D eigenvalue weighted by molar-refractivity contribution is 5.92. The van der Waals surface area contributed by atoms with Crippen LogP contribution >= 0.6 is 0 Å². The van der Waals surface area contributed by atoms with Gasteiger partial charge in [-0.3, -0.25) is 0 Å². The molecule has 0 N–H and O–H groups in total. The summed E-state index contributed by atoms with van der Waals surface area (Å²) in [6.07, 6.45) is 3.97. The Morgan fingerprint density at radius 2 is 0.650 bits per heavy atom. The largest absolute Gasteiger partial charge is 0.466 e. The first-order valence-corrected chi connectivity index (χ1v) is 5.09.